The number of nitro benzene ring substituents is 1. The van der Waals surface area contributed by atoms with Crippen molar-refractivity contribution in [2.24, 2.45) is 0 Å². The van der Waals surface area contributed by atoms with Crippen LogP contribution in [0.1, 0.15) is 31.6 Å². The van der Waals surface area contributed by atoms with Crippen molar-refractivity contribution < 1.29 is 9.72 Å². The van der Waals surface area contributed by atoms with Crippen molar-refractivity contribution in [3.8, 4) is 0 Å². The van der Waals surface area contributed by atoms with Gasteiger partial charge in [-0.2, -0.15) is 0 Å². The molecule has 0 bridgehead atoms. The molecule has 0 radical (unpaired) electrons. The van der Waals surface area contributed by atoms with E-state index in [0.717, 1.165) is 11.3 Å². The van der Waals surface area contributed by atoms with Gasteiger partial charge in [0.15, 0.2) is 0 Å². The number of hydrogen-bond donors (Lipinski definition) is 0. The van der Waals surface area contributed by atoms with Crippen molar-refractivity contribution in [2.45, 2.75) is 32.1 Å². The zero-order valence-electron chi connectivity index (χ0n) is 14.6. The first-order chi connectivity index (χ1) is 11.9. The van der Waals surface area contributed by atoms with E-state index in [1.54, 1.807) is 17.0 Å². The maximum Gasteiger partial charge on any atom is 0.269 e. The third-order valence-corrected chi connectivity index (χ3v) is 5.01. The van der Waals surface area contributed by atoms with Gasteiger partial charge in [0.2, 0.25) is 5.91 Å². The molecule has 0 saturated carbocycles. The van der Waals surface area contributed by atoms with Crippen LogP contribution in [0, 0.1) is 10.1 Å². The Morgan fingerprint density at radius 3 is 2.40 bits per heavy atom. The molecule has 0 aromatic heterocycles. The Bertz CT molecular complexity index is 734. The van der Waals surface area contributed by atoms with Crippen LogP contribution in [0.4, 0.5) is 11.4 Å². The Balaban J connectivity index is 2.05. The van der Waals surface area contributed by atoms with E-state index in [0.29, 0.717) is 5.75 Å². The summed E-state index contributed by atoms with van der Waals surface area (Å²) in [5.41, 5.74) is 1.80. The molecule has 5 nitrogen and oxygen atoms in total. The van der Waals surface area contributed by atoms with Crippen LogP contribution in [0.25, 0.3) is 0 Å². The zero-order chi connectivity index (χ0) is 18.4. The molecule has 0 unspecified atom stereocenters. The van der Waals surface area contributed by atoms with E-state index in [2.05, 4.69) is 0 Å². The van der Waals surface area contributed by atoms with Crippen LogP contribution in [0.5, 0.6) is 0 Å². The number of anilines is 1. The molecule has 1 atom stereocenters. The quantitative estimate of drug-likeness (QED) is 0.525. The first-order valence-electron chi connectivity index (χ1n) is 8.13. The van der Waals surface area contributed by atoms with Crippen molar-refractivity contribution in [1.29, 1.82) is 0 Å². The molecule has 0 fully saturated rings. The molecular weight excluding hydrogens is 336 g/mol. The van der Waals surface area contributed by atoms with Crippen LogP contribution in [0.3, 0.4) is 0 Å². The van der Waals surface area contributed by atoms with Crippen LogP contribution < -0.4 is 4.90 Å². The minimum absolute atomic E-state index is 0.00589. The molecule has 0 heterocycles. The van der Waals surface area contributed by atoms with Crippen molar-refractivity contribution in [2.75, 3.05) is 10.7 Å². The Morgan fingerprint density at radius 2 is 1.80 bits per heavy atom. The summed E-state index contributed by atoms with van der Waals surface area (Å²) in [6.45, 7) is 5.93. The minimum atomic E-state index is -0.401. The molecule has 0 saturated heterocycles. The lowest BCUT2D eigenvalue weighted by Crippen LogP contribution is -2.38. The molecule has 2 aromatic carbocycles. The SMILES string of the molecule is CC(C)N(C(=O)CS[C@H](C)c1cccc([N+](=O)[O-])c1)c1ccccc1. The average molecular weight is 358 g/mol. The average Bonchev–Trinajstić information content (AvgIpc) is 2.60. The molecule has 1 amide bonds. The summed E-state index contributed by atoms with van der Waals surface area (Å²) in [7, 11) is 0. The molecule has 2 rings (SSSR count). The number of thioether (sulfide) groups is 1. The summed E-state index contributed by atoms with van der Waals surface area (Å²) in [5.74, 6) is 0.347. The van der Waals surface area contributed by atoms with Crippen LogP contribution in [0.15, 0.2) is 54.6 Å². The van der Waals surface area contributed by atoms with Crippen LogP contribution >= 0.6 is 11.8 Å². The Hall–Kier alpha value is -2.34. The largest absolute Gasteiger partial charge is 0.309 e. The lowest BCUT2D eigenvalue weighted by Gasteiger charge is -2.27. The van der Waals surface area contributed by atoms with Gasteiger partial charge in [0.25, 0.3) is 5.69 Å². The highest BCUT2D eigenvalue weighted by atomic mass is 32.2. The van der Waals surface area contributed by atoms with Crippen molar-refractivity contribution in [3.05, 3.63) is 70.3 Å². The molecule has 0 aliphatic carbocycles. The third kappa shape index (κ3) is 5.06. The monoisotopic (exact) mass is 358 g/mol. The third-order valence-electron chi connectivity index (χ3n) is 3.83. The number of rotatable bonds is 7. The van der Waals surface area contributed by atoms with Crippen LogP contribution in [0.2, 0.25) is 0 Å². The standard InChI is InChI=1S/C19H22N2O3S/c1-14(2)20(17-9-5-4-6-10-17)19(22)13-25-15(3)16-8-7-11-18(12-16)21(23)24/h4-12,14-15H,13H2,1-3H3/t15-/m1/s1. The molecule has 25 heavy (non-hydrogen) atoms. The fourth-order valence-corrected chi connectivity index (χ4v) is 3.44. The number of carbonyl (C=O) groups is 1. The number of nitro groups is 1. The van der Waals surface area contributed by atoms with E-state index in [1.807, 2.05) is 57.2 Å². The lowest BCUT2D eigenvalue weighted by molar-refractivity contribution is -0.384. The highest BCUT2D eigenvalue weighted by Crippen LogP contribution is 2.31. The van der Waals surface area contributed by atoms with Gasteiger partial charge < -0.3 is 4.90 Å². The predicted molar refractivity (Wildman–Crippen MR) is 103 cm³/mol. The maximum absolute atomic E-state index is 12.7. The van der Waals surface area contributed by atoms with Crippen LogP contribution in [-0.4, -0.2) is 22.6 Å². The fraction of sp³-hybridized carbons (Fsp3) is 0.316. The summed E-state index contributed by atoms with van der Waals surface area (Å²) in [6.07, 6.45) is 0. The molecule has 0 aliphatic rings. The summed E-state index contributed by atoms with van der Waals surface area (Å²) >= 11 is 1.48. The van der Waals surface area contributed by atoms with Crippen LogP contribution in [-0.2, 0) is 4.79 Å². The van der Waals surface area contributed by atoms with E-state index < -0.39 is 4.92 Å². The highest BCUT2D eigenvalue weighted by Gasteiger charge is 2.20. The van der Waals surface area contributed by atoms with Gasteiger partial charge in [-0.3, -0.25) is 14.9 Å². The second-order valence-electron chi connectivity index (χ2n) is 6.00. The van der Waals surface area contributed by atoms with E-state index in [1.165, 1.54) is 17.8 Å². The number of hydrogen-bond acceptors (Lipinski definition) is 4. The minimum Gasteiger partial charge on any atom is -0.309 e. The predicted octanol–water partition coefficient (Wildman–Crippen LogP) is 4.83. The zero-order valence-corrected chi connectivity index (χ0v) is 15.4. The number of nitrogens with zero attached hydrogens (tertiary/aromatic N) is 2. The van der Waals surface area contributed by atoms with Gasteiger partial charge in [0.1, 0.15) is 0 Å². The fourth-order valence-electron chi connectivity index (χ4n) is 2.57. The summed E-state index contributed by atoms with van der Waals surface area (Å²) < 4.78 is 0. The lowest BCUT2D eigenvalue weighted by atomic mass is 10.1. The molecule has 0 N–H and O–H groups in total. The Morgan fingerprint density at radius 1 is 1.12 bits per heavy atom. The number of benzene rings is 2. The van der Waals surface area contributed by atoms with E-state index in [-0.39, 0.29) is 22.9 Å². The molecule has 0 spiro atoms. The molecule has 132 valence electrons. The van der Waals surface area contributed by atoms with E-state index >= 15 is 0 Å². The van der Waals surface area contributed by atoms with E-state index in [4.69, 9.17) is 0 Å². The van der Waals surface area contributed by atoms with Gasteiger partial charge in [0, 0.05) is 29.1 Å². The molecule has 2 aromatic rings. The number of para-hydroxylation sites is 1. The topological polar surface area (TPSA) is 63.5 Å². The highest BCUT2D eigenvalue weighted by molar-refractivity contribution is 8.00. The first kappa shape index (κ1) is 19.0. The van der Waals surface area contributed by atoms with Gasteiger partial charge in [0.05, 0.1) is 10.7 Å². The van der Waals surface area contributed by atoms with Crippen molar-refractivity contribution >= 4 is 29.0 Å². The normalized spacial score (nSPS) is 12.0. The number of amides is 1. The molecular formula is C19H22N2O3S. The summed E-state index contributed by atoms with van der Waals surface area (Å²) in [5, 5.41) is 10.9. The summed E-state index contributed by atoms with van der Waals surface area (Å²) in [6, 6.07) is 16.2. The number of carbonyl (C=O) groups excluding carboxylic acids is 1. The van der Waals surface area contributed by atoms with Gasteiger partial charge >= 0.3 is 0 Å². The Labute approximate surface area is 152 Å². The second kappa shape index (κ2) is 8.67. The van der Waals surface area contributed by atoms with Crippen molar-refractivity contribution in [1.82, 2.24) is 0 Å². The van der Waals surface area contributed by atoms with Gasteiger partial charge in [-0.15, -0.1) is 11.8 Å². The number of non-ortho nitro benzene ring substituents is 1. The van der Waals surface area contributed by atoms with Gasteiger partial charge in [-0.1, -0.05) is 30.3 Å². The molecule has 6 heteroatoms. The smallest absolute Gasteiger partial charge is 0.269 e. The van der Waals surface area contributed by atoms with E-state index in [9.17, 15) is 14.9 Å². The van der Waals surface area contributed by atoms with Gasteiger partial charge in [-0.25, -0.2) is 0 Å². The molecule has 0 aliphatic heterocycles. The maximum atomic E-state index is 12.7. The Kier molecular flexibility index (Phi) is 6.58. The second-order valence-corrected chi connectivity index (χ2v) is 7.33. The summed E-state index contributed by atoms with van der Waals surface area (Å²) in [4.78, 5) is 25.0. The van der Waals surface area contributed by atoms with Gasteiger partial charge in [-0.05, 0) is 38.5 Å². The first-order valence-corrected chi connectivity index (χ1v) is 9.18. The van der Waals surface area contributed by atoms with Crippen molar-refractivity contribution in [3.63, 3.8) is 0 Å².